The largest absolute Gasteiger partial charge is 0.586 e. The number of amides is 2. The van der Waals surface area contributed by atoms with E-state index in [9.17, 15) is 27.9 Å². The predicted octanol–water partition coefficient (Wildman–Crippen LogP) is 2.89. The number of halogens is 3. The fourth-order valence-corrected chi connectivity index (χ4v) is 5.09. The second-order valence-corrected chi connectivity index (χ2v) is 9.23. The molecule has 3 saturated carbocycles. The maximum absolute atomic E-state index is 13.5. The van der Waals surface area contributed by atoms with Crippen LogP contribution < -0.4 is 24.8 Å². The highest BCUT2D eigenvalue weighted by atomic mass is 19.3. The molecule has 1 atom stereocenters. The molecule has 0 aromatic heterocycles. The molecule has 4 aliphatic rings. The van der Waals surface area contributed by atoms with Crippen LogP contribution in [-0.2, 0) is 4.79 Å². The number of carbonyl (C=O) groups excluding carboxylic acids is 2. The van der Waals surface area contributed by atoms with Crippen LogP contribution in [0.2, 0.25) is 0 Å². The van der Waals surface area contributed by atoms with E-state index in [1.165, 1.54) is 36.4 Å². The first-order valence-electron chi connectivity index (χ1n) is 11.2. The summed E-state index contributed by atoms with van der Waals surface area (Å²) in [7, 11) is 0. The van der Waals surface area contributed by atoms with Crippen LogP contribution in [0.5, 0.6) is 17.2 Å². The standard InChI is InChI=1S/C24H23F3N2O6/c25-15-3-1-2-14(10-15)21(32)29-22-6-8-23(9-7-22,19(30)12-22)28-20(31)13-33-16-4-5-17-18(11-16)35-24(26,27)34-17/h1-5,10-11,19,30H,6-9,12-13H2,(H,28,31)(H,29,32)/t19-,22?,23?/m0/s1. The van der Waals surface area contributed by atoms with Crippen LogP contribution in [0.1, 0.15) is 42.5 Å². The monoisotopic (exact) mass is 492 g/mol. The summed E-state index contributed by atoms with van der Waals surface area (Å²) in [6, 6.07) is 9.23. The molecule has 3 N–H and O–H groups in total. The van der Waals surface area contributed by atoms with Crippen molar-refractivity contribution in [2.24, 2.45) is 0 Å². The topological polar surface area (TPSA) is 106 Å². The Morgan fingerprint density at radius 2 is 1.77 bits per heavy atom. The predicted molar refractivity (Wildman–Crippen MR) is 115 cm³/mol. The normalized spacial score (nSPS) is 27.8. The second kappa shape index (κ2) is 8.33. The fraction of sp³-hybridized carbons (Fsp3) is 0.417. The molecular formula is C24H23F3N2O6. The Bertz CT molecular complexity index is 1170. The lowest BCUT2D eigenvalue weighted by Crippen LogP contribution is -2.70. The highest BCUT2D eigenvalue weighted by molar-refractivity contribution is 5.94. The molecule has 6 rings (SSSR count). The summed E-state index contributed by atoms with van der Waals surface area (Å²) in [5.74, 6) is -1.59. The average molecular weight is 492 g/mol. The van der Waals surface area contributed by atoms with Gasteiger partial charge in [0, 0.05) is 17.2 Å². The third-order valence-electron chi connectivity index (χ3n) is 6.92. The smallest absolute Gasteiger partial charge is 0.484 e. The van der Waals surface area contributed by atoms with Crippen molar-refractivity contribution in [3.63, 3.8) is 0 Å². The zero-order valence-corrected chi connectivity index (χ0v) is 18.5. The molecule has 0 spiro atoms. The lowest BCUT2D eigenvalue weighted by Gasteiger charge is -2.56. The Hall–Kier alpha value is -3.47. The summed E-state index contributed by atoms with van der Waals surface area (Å²) in [5, 5.41) is 16.7. The number of fused-ring (bicyclic) bond motifs is 4. The second-order valence-electron chi connectivity index (χ2n) is 9.23. The van der Waals surface area contributed by atoms with Gasteiger partial charge in [-0.05, 0) is 62.4 Å². The van der Waals surface area contributed by atoms with E-state index in [-0.39, 0.29) is 29.2 Å². The summed E-state index contributed by atoms with van der Waals surface area (Å²) in [6.45, 7) is -0.397. The molecule has 35 heavy (non-hydrogen) atoms. The molecule has 8 nitrogen and oxygen atoms in total. The van der Waals surface area contributed by atoms with E-state index in [4.69, 9.17) is 4.74 Å². The van der Waals surface area contributed by atoms with Crippen molar-refractivity contribution in [1.29, 1.82) is 0 Å². The van der Waals surface area contributed by atoms with Crippen LogP contribution in [0.3, 0.4) is 0 Å². The number of hydrogen-bond donors (Lipinski definition) is 3. The Labute approximate surface area is 198 Å². The van der Waals surface area contributed by atoms with Crippen molar-refractivity contribution >= 4 is 11.8 Å². The van der Waals surface area contributed by atoms with Crippen molar-refractivity contribution in [2.75, 3.05) is 6.61 Å². The number of hydrogen-bond acceptors (Lipinski definition) is 6. The van der Waals surface area contributed by atoms with E-state index in [2.05, 4.69) is 20.1 Å². The number of aliphatic hydroxyl groups excluding tert-OH is 1. The maximum atomic E-state index is 13.5. The Balaban J connectivity index is 1.17. The van der Waals surface area contributed by atoms with Crippen molar-refractivity contribution in [3.8, 4) is 17.2 Å². The molecule has 186 valence electrons. The van der Waals surface area contributed by atoms with E-state index in [0.29, 0.717) is 25.7 Å². The number of ether oxygens (including phenoxy) is 3. The van der Waals surface area contributed by atoms with Crippen LogP contribution >= 0.6 is 0 Å². The first-order chi connectivity index (χ1) is 16.6. The van der Waals surface area contributed by atoms with E-state index >= 15 is 0 Å². The molecule has 2 aromatic carbocycles. The third-order valence-corrected chi connectivity index (χ3v) is 6.92. The van der Waals surface area contributed by atoms with Gasteiger partial charge in [-0.25, -0.2) is 4.39 Å². The summed E-state index contributed by atoms with van der Waals surface area (Å²) >= 11 is 0. The Morgan fingerprint density at radius 3 is 2.49 bits per heavy atom. The molecule has 0 unspecified atom stereocenters. The highest BCUT2D eigenvalue weighted by Gasteiger charge is 2.55. The van der Waals surface area contributed by atoms with E-state index in [0.717, 1.165) is 6.07 Å². The Kier molecular flexibility index (Phi) is 5.54. The molecule has 0 radical (unpaired) electrons. The molecule has 2 amide bonds. The van der Waals surface area contributed by atoms with Gasteiger partial charge in [0.25, 0.3) is 11.8 Å². The van der Waals surface area contributed by atoms with Gasteiger partial charge < -0.3 is 30.0 Å². The van der Waals surface area contributed by atoms with Gasteiger partial charge in [-0.15, -0.1) is 8.78 Å². The van der Waals surface area contributed by atoms with Gasteiger partial charge >= 0.3 is 6.29 Å². The van der Waals surface area contributed by atoms with Gasteiger partial charge in [-0.2, -0.15) is 0 Å². The first kappa shape index (κ1) is 23.3. The lowest BCUT2D eigenvalue weighted by molar-refractivity contribution is -0.286. The molecule has 3 fully saturated rings. The summed E-state index contributed by atoms with van der Waals surface area (Å²) in [6.07, 6.45) is -2.49. The average Bonchev–Trinajstić information content (AvgIpc) is 3.12. The van der Waals surface area contributed by atoms with Gasteiger partial charge in [0.15, 0.2) is 18.1 Å². The molecular weight excluding hydrogens is 469 g/mol. The van der Waals surface area contributed by atoms with Gasteiger partial charge in [-0.3, -0.25) is 9.59 Å². The number of benzene rings is 2. The number of carbonyl (C=O) groups is 2. The highest BCUT2D eigenvalue weighted by Crippen LogP contribution is 2.47. The van der Waals surface area contributed by atoms with E-state index < -0.39 is 47.7 Å². The quantitative estimate of drug-likeness (QED) is 0.573. The first-order valence-corrected chi connectivity index (χ1v) is 11.2. The lowest BCUT2D eigenvalue weighted by atomic mass is 9.60. The minimum absolute atomic E-state index is 0.133. The van der Waals surface area contributed by atoms with Crippen LogP contribution in [-0.4, -0.2) is 47.0 Å². The molecule has 11 heteroatoms. The van der Waals surface area contributed by atoms with Gasteiger partial charge in [0.2, 0.25) is 0 Å². The molecule has 0 saturated heterocycles. The van der Waals surface area contributed by atoms with Gasteiger partial charge in [0.1, 0.15) is 11.6 Å². The minimum Gasteiger partial charge on any atom is -0.484 e. The third kappa shape index (κ3) is 4.60. The van der Waals surface area contributed by atoms with E-state index in [1.807, 2.05) is 0 Å². The molecule has 1 aliphatic heterocycles. The maximum Gasteiger partial charge on any atom is 0.586 e. The van der Waals surface area contributed by atoms with Gasteiger partial charge in [-0.1, -0.05) is 6.07 Å². The van der Waals surface area contributed by atoms with Crippen LogP contribution in [0.25, 0.3) is 0 Å². The molecule has 2 aromatic rings. The minimum atomic E-state index is -3.75. The number of alkyl halides is 2. The van der Waals surface area contributed by atoms with Crippen molar-refractivity contribution in [3.05, 3.63) is 53.8 Å². The zero-order chi connectivity index (χ0) is 24.8. The summed E-state index contributed by atoms with van der Waals surface area (Å²) < 4.78 is 53.9. The molecule has 3 aliphatic carbocycles. The van der Waals surface area contributed by atoms with Gasteiger partial charge in [0.05, 0.1) is 11.6 Å². The van der Waals surface area contributed by atoms with Crippen LogP contribution in [0.15, 0.2) is 42.5 Å². The van der Waals surface area contributed by atoms with E-state index in [1.54, 1.807) is 0 Å². The SMILES string of the molecule is O=C(COc1ccc2c(c1)OC(F)(F)O2)NC12CCC(NC(=O)c3cccc(F)c3)(CC1)C[C@@H]2O. The number of aliphatic hydroxyl groups is 1. The zero-order valence-electron chi connectivity index (χ0n) is 18.5. The summed E-state index contributed by atoms with van der Waals surface area (Å²) in [5.41, 5.74) is -1.29. The number of rotatable bonds is 6. The van der Waals surface area contributed by atoms with Crippen molar-refractivity contribution in [2.45, 2.75) is 55.6 Å². The number of nitrogens with one attached hydrogen (secondary N) is 2. The summed E-state index contributed by atoms with van der Waals surface area (Å²) in [4.78, 5) is 25.2. The Morgan fingerprint density at radius 1 is 1.03 bits per heavy atom. The van der Waals surface area contributed by atoms with Crippen LogP contribution in [0, 0.1) is 5.82 Å². The molecule has 1 heterocycles. The van der Waals surface area contributed by atoms with Crippen molar-refractivity contribution in [1.82, 2.24) is 10.6 Å². The fourth-order valence-electron chi connectivity index (χ4n) is 5.09. The molecule has 2 bridgehead atoms. The van der Waals surface area contributed by atoms with Crippen LogP contribution in [0.4, 0.5) is 13.2 Å². The van der Waals surface area contributed by atoms with Crippen molar-refractivity contribution < 1.29 is 42.1 Å².